The maximum atomic E-state index is 7.12. The molecule has 0 aromatic rings. The number of nitrogens with zero attached hydrogens (tertiary/aromatic N) is 1. The van der Waals surface area contributed by atoms with Crippen LogP contribution in [0.5, 0.6) is 0 Å². The van der Waals surface area contributed by atoms with Crippen molar-refractivity contribution in [2.24, 2.45) is 5.11 Å². The molecular weight excluding hydrogens is 264 g/mol. The Kier molecular flexibility index (Phi) is 7.41. The van der Waals surface area contributed by atoms with Crippen LogP contribution in [0.25, 0.3) is 0 Å². The molecule has 78 valence electrons. The van der Waals surface area contributed by atoms with Gasteiger partial charge in [-0.15, -0.1) is 12.6 Å². The van der Waals surface area contributed by atoms with E-state index >= 15 is 0 Å². The fourth-order valence-electron chi connectivity index (χ4n) is 0.721. The molecule has 0 radical (unpaired) electrons. The molecule has 0 saturated heterocycles. The van der Waals surface area contributed by atoms with Gasteiger partial charge >= 0.3 is 0 Å². The highest BCUT2D eigenvalue weighted by atomic mass is 79.9. The third-order valence-corrected chi connectivity index (χ3v) is 2.22. The van der Waals surface area contributed by atoms with Crippen LogP contribution in [0.4, 0.5) is 0 Å². The van der Waals surface area contributed by atoms with Crippen molar-refractivity contribution in [3.05, 3.63) is 21.3 Å². The van der Waals surface area contributed by atoms with Gasteiger partial charge in [0.2, 0.25) is 0 Å². The number of halogens is 1. The van der Waals surface area contributed by atoms with Gasteiger partial charge in [0.1, 0.15) is 0 Å². The molecule has 0 aromatic carbocycles. The second-order valence-corrected chi connectivity index (χ2v) is 4.30. The van der Waals surface area contributed by atoms with Gasteiger partial charge < -0.3 is 10.7 Å². The summed E-state index contributed by atoms with van der Waals surface area (Å²) in [6, 6.07) is 0. The van der Waals surface area contributed by atoms with Crippen LogP contribution in [-0.2, 0) is 0 Å². The van der Waals surface area contributed by atoms with Gasteiger partial charge in [0.15, 0.2) is 0 Å². The van der Waals surface area contributed by atoms with Crippen LogP contribution in [-0.4, -0.2) is 12.8 Å². The van der Waals surface area contributed by atoms with E-state index in [4.69, 9.17) is 10.9 Å². The molecule has 0 aromatic heterocycles. The van der Waals surface area contributed by atoms with Crippen LogP contribution in [0.15, 0.2) is 26.4 Å². The van der Waals surface area contributed by atoms with E-state index in [1.165, 1.54) is 6.21 Å². The molecule has 0 fully saturated rings. The zero-order valence-corrected chi connectivity index (χ0v) is 10.3. The zero-order valence-electron chi connectivity index (χ0n) is 7.84. The lowest BCUT2D eigenvalue weighted by Crippen LogP contribution is -2.04. The first-order valence-corrected chi connectivity index (χ1v) is 5.27. The van der Waals surface area contributed by atoms with E-state index in [1.807, 2.05) is 6.92 Å². The molecular formula is C8H13BrN4S. The Balaban J connectivity index is 4.53. The molecule has 0 aliphatic rings. The minimum Gasteiger partial charge on any atom is -0.390 e. The summed E-state index contributed by atoms with van der Waals surface area (Å²) in [4.78, 5) is 0. The Labute approximate surface area is 97.4 Å². The third-order valence-electron chi connectivity index (χ3n) is 1.43. The van der Waals surface area contributed by atoms with Crippen molar-refractivity contribution in [3.8, 4) is 0 Å². The minimum atomic E-state index is 0.421. The van der Waals surface area contributed by atoms with Crippen molar-refractivity contribution in [2.75, 3.05) is 6.54 Å². The highest BCUT2D eigenvalue weighted by molar-refractivity contribution is 9.13. The van der Waals surface area contributed by atoms with Gasteiger partial charge in [0.25, 0.3) is 0 Å². The van der Waals surface area contributed by atoms with Crippen molar-refractivity contribution < 1.29 is 0 Å². The normalized spacial score (nSPS) is 13.2. The average molecular weight is 277 g/mol. The Morgan fingerprint density at radius 2 is 2.29 bits per heavy atom. The van der Waals surface area contributed by atoms with Crippen LogP contribution in [0, 0.1) is 10.9 Å². The van der Waals surface area contributed by atoms with Gasteiger partial charge in [-0.1, -0.05) is 0 Å². The van der Waals surface area contributed by atoms with Gasteiger partial charge in [-0.2, -0.15) is 5.11 Å². The average Bonchev–Trinajstić information content (AvgIpc) is 2.18. The molecule has 0 amide bonds. The second-order valence-electron chi connectivity index (χ2n) is 2.44. The number of nitrogens with one attached hydrogen (secondary N) is 3. The summed E-state index contributed by atoms with van der Waals surface area (Å²) in [5, 5.41) is 13.4. The lowest BCUT2D eigenvalue weighted by atomic mass is 10.2. The second kappa shape index (κ2) is 7.75. The summed E-state index contributed by atoms with van der Waals surface area (Å²) in [5.74, 6) is 0. The zero-order chi connectivity index (χ0) is 11.0. The first kappa shape index (κ1) is 13.4. The van der Waals surface area contributed by atoms with E-state index in [1.54, 1.807) is 6.20 Å². The van der Waals surface area contributed by atoms with Gasteiger partial charge in [0.05, 0.1) is 9.51 Å². The third kappa shape index (κ3) is 5.18. The van der Waals surface area contributed by atoms with E-state index in [-0.39, 0.29) is 0 Å². The van der Waals surface area contributed by atoms with E-state index in [0.717, 1.165) is 6.54 Å². The molecule has 0 heterocycles. The van der Waals surface area contributed by atoms with Crippen LogP contribution in [0.1, 0.15) is 13.3 Å². The van der Waals surface area contributed by atoms with Crippen LogP contribution in [0.3, 0.4) is 0 Å². The Hall–Kier alpha value is -0.620. The maximum absolute atomic E-state index is 7.12. The summed E-state index contributed by atoms with van der Waals surface area (Å²) in [7, 11) is 0. The molecule has 3 N–H and O–H groups in total. The number of hydrogen-bond acceptors (Lipinski definition) is 5. The first-order valence-electron chi connectivity index (χ1n) is 4.03. The van der Waals surface area contributed by atoms with Gasteiger partial charge in [-0.3, -0.25) is 0 Å². The Morgan fingerprint density at radius 1 is 1.64 bits per heavy atom. The summed E-state index contributed by atoms with van der Waals surface area (Å²) >= 11 is 7.24. The van der Waals surface area contributed by atoms with E-state index < -0.39 is 0 Å². The fourth-order valence-corrected chi connectivity index (χ4v) is 1.12. The highest BCUT2D eigenvalue weighted by Crippen LogP contribution is 2.20. The summed E-state index contributed by atoms with van der Waals surface area (Å²) in [6.07, 6.45) is 3.28. The van der Waals surface area contributed by atoms with Gasteiger partial charge in [0, 0.05) is 25.4 Å². The SMILES string of the molecule is CCN/C=C(/C/C(C=N)=C(/S)Br)N=N. The van der Waals surface area contributed by atoms with Crippen molar-refractivity contribution in [2.45, 2.75) is 13.3 Å². The summed E-state index contributed by atoms with van der Waals surface area (Å²) < 4.78 is 0.596. The maximum Gasteiger partial charge on any atom is 0.0824 e. The standard InChI is InChI=1S/C8H13BrN4S/c1-2-12-5-7(13-11)3-6(4-10)8(9)14/h4-5,10-12,14H,2-3H2,1H3/b7-5-,8-6-,10-4?,13-11?. The molecule has 0 rings (SSSR count). The van der Waals surface area contributed by atoms with Crippen molar-refractivity contribution in [1.82, 2.24) is 5.32 Å². The molecule has 0 atom stereocenters. The molecule has 0 saturated carbocycles. The molecule has 0 unspecified atom stereocenters. The molecule has 0 spiro atoms. The van der Waals surface area contributed by atoms with Gasteiger partial charge in [-0.05, 0) is 28.4 Å². The highest BCUT2D eigenvalue weighted by Gasteiger charge is 2.02. The lowest BCUT2D eigenvalue weighted by molar-refractivity contribution is 0.877. The molecule has 14 heavy (non-hydrogen) atoms. The smallest absolute Gasteiger partial charge is 0.0824 e. The molecule has 0 aliphatic heterocycles. The van der Waals surface area contributed by atoms with Crippen LogP contribution >= 0.6 is 28.6 Å². The van der Waals surface area contributed by atoms with Gasteiger partial charge in [-0.25, -0.2) is 5.53 Å². The van der Waals surface area contributed by atoms with Crippen molar-refractivity contribution >= 4 is 34.8 Å². The number of allylic oxidation sites excluding steroid dienone is 1. The minimum absolute atomic E-state index is 0.421. The first-order chi connectivity index (χ1) is 6.65. The van der Waals surface area contributed by atoms with Crippen LogP contribution in [0.2, 0.25) is 0 Å². The molecule has 4 nitrogen and oxygen atoms in total. The van der Waals surface area contributed by atoms with Crippen molar-refractivity contribution in [1.29, 1.82) is 10.9 Å². The molecule has 0 aliphatic carbocycles. The molecule has 0 bridgehead atoms. The van der Waals surface area contributed by atoms with E-state index in [2.05, 4.69) is 39.0 Å². The topological polar surface area (TPSA) is 72.1 Å². The largest absolute Gasteiger partial charge is 0.390 e. The Bertz CT molecular complexity index is 269. The summed E-state index contributed by atoms with van der Waals surface area (Å²) in [6.45, 7) is 2.74. The Morgan fingerprint density at radius 3 is 2.64 bits per heavy atom. The van der Waals surface area contributed by atoms with Crippen molar-refractivity contribution in [3.63, 3.8) is 0 Å². The fraction of sp³-hybridized carbons (Fsp3) is 0.375. The predicted octanol–water partition coefficient (Wildman–Crippen LogP) is 3.04. The summed E-state index contributed by atoms with van der Waals surface area (Å²) in [5.41, 5.74) is 8.18. The number of thiol groups is 1. The quantitative estimate of drug-likeness (QED) is 0.336. The van der Waals surface area contributed by atoms with E-state index in [0.29, 0.717) is 21.5 Å². The number of rotatable bonds is 6. The number of hydrogen-bond donors (Lipinski definition) is 4. The lowest BCUT2D eigenvalue weighted by Gasteiger charge is -2.02. The van der Waals surface area contributed by atoms with Crippen LogP contribution < -0.4 is 5.32 Å². The van der Waals surface area contributed by atoms with E-state index in [9.17, 15) is 0 Å². The monoisotopic (exact) mass is 276 g/mol. The predicted molar refractivity (Wildman–Crippen MR) is 65.2 cm³/mol. The molecule has 6 heteroatoms.